The summed E-state index contributed by atoms with van der Waals surface area (Å²) >= 11 is 0. The topological polar surface area (TPSA) is 117 Å². The van der Waals surface area contributed by atoms with Gasteiger partial charge in [0.25, 0.3) is 5.91 Å². The van der Waals surface area contributed by atoms with Crippen LogP contribution in [0, 0.1) is 11.8 Å². The smallest absolute Gasteiger partial charge is 0.408 e. The summed E-state index contributed by atoms with van der Waals surface area (Å²) in [6.45, 7) is 12.5. The minimum Gasteiger partial charge on any atom is -0.444 e. The van der Waals surface area contributed by atoms with E-state index in [2.05, 4.69) is 10.6 Å². The van der Waals surface area contributed by atoms with Crippen LogP contribution in [0.4, 0.5) is 4.79 Å². The summed E-state index contributed by atoms with van der Waals surface area (Å²) in [7, 11) is 0. The van der Waals surface area contributed by atoms with Crippen molar-refractivity contribution in [2.45, 2.75) is 72.6 Å². The van der Waals surface area contributed by atoms with Gasteiger partial charge in [0, 0.05) is 0 Å². The molecule has 4 N–H and O–H groups in total. The fourth-order valence-electron chi connectivity index (χ4n) is 2.01. The van der Waals surface area contributed by atoms with E-state index in [4.69, 9.17) is 9.94 Å². The zero-order valence-corrected chi connectivity index (χ0v) is 15.6. The first-order valence-corrected chi connectivity index (χ1v) is 8.11. The van der Waals surface area contributed by atoms with Crippen LogP contribution in [0.5, 0.6) is 0 Å². The molecule has 0 heterocycles. The highest BCUT2D eigenvalue weighted by molar-refractivity contribution is 5.91. The fourth-order valence-corrected chi connectivity index (χ4v) is 2.01. The predicted molar refractivity (Wildman–Crippen MR) is 89.3 cm³/mol. The first kappa shape index (κ1) is 22.2. The first-order valence-electron chi connectivity index (χ1n) is 8.11. The van der Waals surface area contributed by atoms with Gasteiger partial charge in [-0.3, -0.25) is 14.8 Å². The van der Waals surface area contributed by atoms with Crippen molar-refractivity contribution in [3.8, 4) is 0 Å². The van der Waals surface area contributed by atoms with Gasteiger partial charge < -0.3 is 15.4 Å². The number of hydrogen-bond acceptors (Lipinski definition) is 5. The van der Waals surface area contributed by atoms with Gasteiger partial charge in [-0.15, -0.1) is 0 Å². The highest BCUT2D eigenvalue weighted by Gasteiger charge is 2.30. The lowest BCUT2D eigenvalue weighted by molar-refractivity contribution is -0.136. The molecule has 0 aromatic heterocycles. The second-order valence-corrected chi connectivity index (χ2v) is 7.53. The summed E-state index contributed by atoms with van der Waals surface area (Å²) in [6.07, 6.45) is -0.349. The lowest BCUT2D eigenvalue weighted by atomic mass is 10.0. The number of carbonyl (C=O) groups is 3. The summed E-state index contributed by atoms with van der Waals surface area (Å²) in [5, 5.41) is 13.9. The molecule has 0 saturated carbocycles. The lowest BCUT2D eigenvalue weighted by Crippen LogP contribution is -2.55. The number of nitrogens with one attached hydrogen (secondary N) is 3. The molecule has 8 heteroatoms. The van der Waals surface area contributed by atoms with Gasteiger partial charge in [0.05, 0.1) is 0 Å². The van der Waals surface area contributed by atoms with Crippen molar-refractivity contribution in [3.05, 3.63) is 0 Å². The van der Waals surface area contributed by atoms with Gasteiger partial charge in [0.2, 0.25) is 5.91 Å². The molecule has 0 aliphatic heterocycles. The van der Waals surface area contributed by atoms with Gasteiger partial charge >= 0.3 is 6.09 Å². The van der Waals surface area contributed by atoms with Crippen molar-refractivity contribution < 1.29 is 24.3 Å². The highest BCUT2D eigenvalue weighted by Crippen LogP contribution is 2.10. The average molecular weight is 345 g/mol. The van der Waals surface area contributed by atoms with E-state index >= 15 is 0 Å². The van der Waals surface area contributed by atoms with Crippen LogP contribution >= 0.6 is 0 Å². The van der Waals surface area contributed by atoms with E-state index in [0.717, 1.165) is 0 Å². The van der Waals surface area contributed by atoms with E-state index in [-0.39, 0.29) is 11.8 Å². The first-order chi connectivity index (χ1) is 10.9. The van der Waals surface area contributed by atoms with E-state index in [1.165, 1.54) is 0 Å². The molecule has 0 aliphatic rings. The van der Waals surface area contributed by atoms with Gasteiger partial charge in [0.1, 0.15) is 17.7 Å². The van der Waals surface area contributed by atoms with Crippen molar-refractivity contribution in [2.75, 3.05) is 0 Å². The Labute approximate surface area is 143 Å². The quantitative estimate of drug-likeness (QED) is 0.413. The molecule has 3 amide bonds. The SMILES string of the molecule is CC(C)C[C@H](NC(=O)[C@@H](NC(=O)OC(C)(C)C)C(C)C)C(=O)NO. The number of carbonyl (C=O) groups excluding carboxylic acids is 3. The molecule has 0 fully saturated rings. The molecule has 0 rings (SSSR count). The van der Waals surface area contributed by atoms with Crippen LogP contribution in [0.3, 0.4) is 0 Å². The van der Waals surface area contributed by atoms with Crippen LogP contribution in [0.2, 0.25) is 0 Å². The average Bonchev–Trinajstić information content (AvgIpc) is 2.40. The minimum atomic E-state index is -0.885. The van der Waals surface area contributed by atoms with Crippen molar-refractivity contribution in [1.82, 2.24) is 16.1 Å². The van der Waals surface area contributed by atoms with E-state index in [9.17, 15) is 14.4 Å². The van der Waals surface area contributed by atoms with Crippen LogP contribution in [0.1, 0.15) is 54.9 Å². The Morgan fingerprint density at radius 2 is 1.54 bits per heavy atom. The van der Waals surface area contributed by atoms with Crippen LogP contribution in [0.15, 0.2) is 0 Å². The Morgan fingerprint density at radius 1 is 1.00 bits per heavy atom. The standard InChI is InChI=1S/C16H31N3O5/c1-9(2)8-11(13(20)19-23)17-14(21)12(10(3)4)18-15(22)24-16(5,6)7/h9-12,23H,8H2,1-7H3,(H,17,21)(H,18,22)(H,19,20)/t11-,12-/m0/s1. The lowest BCUT2D eigenvalue weighted by Gasteiger charge is -2.27. The van der Waals surface area contributed by atoms with E-state index in [0.29, 0.717) is 6.42 Å². The van der Waals surface area contributed by atoms with E-state index in [1.54, 1.807) is 40.1 Å². The molecular formula is C16H31N3O5. The molecule has 0 radical (unpaired) electrons. The van der Waals surface area contributed by atoms with Crippen LogP contribution < -0.4 is 16.1 Å². The van der Waals surface area contributed by atoms with Crippen LogP contribution in [-0.2, 0) is 14.3 Å². The Hall–Kier alpha value is -1.83. The van der Waals surface area contributed by atoms with Gasteiger partial charge in [0.15, 0.2) is 0 Å². The molecule has 24 heavy (non-hydrogen) atoms. The molecule has 0 saturated heterocycles. The molecule has 0 bridgehead atoms. The third-order valence-electron chi connectivity index (χ3n) is 3.07. The number of hydrogen-bond donors (Lipinski definition) is 4. The molecule has 8 nitrogen and oxygen atoms in total. The van der Waals surface area contributed by atoms with Gasteiger partial charge in [-0.2, -0.15) is 0 Å². The maximum absolute atomic E-state index is 12.5. The molecule has 0 aromatic carbocycles. The van der Waals surface area contributed by atoms with Crippen LogP contribution in [-0.4, -0.2) is 40.8 Å². The summed E-state index contributed by atoms with van der Waals surface area (Å²) in [5.41, 5.74) is 0.869. The Morgan fingerprint density at radius 3 is 1.92 bits per heavy atom. The normalized spacial score (nSPS) is 14.1. The van der Waals surface area contributed by atoms with Crippen LogP contribution in [0.25, 0.3) is 0 Å². The zero-order chi connectivity index (χ0) is 19.1. The maximum Gasteiger partial charge on any atom is 0.408 e. The van der Waals surface area contributed by atoms with Crippen molar-refractivity contribution >= 4 is 17.9 Å². The summed E-state index contributed by atoms with van der Waals surface area (Å²) in [6, 6.07) is -1.75. The molecule has 2 atom stereocenters. The molecular weight excluding hydrogens is 314 g/mol. The second kappa shape index (κ2) is 9.46. The van der Waals surface area contributed by atoms with Crippen molar-refractivity contribution in [1.29, 1.82) is 0 Å². The number of alkyl carbamates (subject to hydrolysis) is 1. The predicted octanol–water partition coefficient (Wildman–Crippen LogP) is 1.57. The summed E-state index contributed by atoms with van der Waals surface area (Å²) < 4.78 is 5.16. The Balaban J connectivity index is 5.00. The third-order valence-corrected chi connectivity index (χ3v) is 3.07. The second-order valence-electron chi connectivity index (χ2n) is 7.53. The third kappa shape index (κ3) is 8.71. The minimum absolute atomic E-state index is 0.129. The monoisotopic (exact) mass is 345 g/mol. The molecule has 0 spiro atoms. The fraction of sp³-hybridized carbons (Fsp3) is 0.812. The Kier molecular flexibility index (Phi) is 8.74. The molecule has 0 aromatic rings. The number of rotatable bonds is 7. The Bertz CT molecular complexity index is 443. The van der Waals surface area contributed by atoms with Gasteiger partial charge in [-0.25, -0.2) is 10.3 Å². The number of ether oxygens (including phenoxy) is 1. The zero-order valence-electron chi connectivity index (χ0n) is 15.6. The van der Waals surface area contributed by atoms with E-state index < -0.39 is 35.6 Å². The molecule has 0 aliphatic carbocycles. The summed E-state index contributed by atoms with van der Waals surface area (Å²) in [4.78, 5) is 36.1. The van der Waals surface area contributed by atoms with Crippen molar-refractivity contribution in [3.63, 3.8) is 0 Å². The highest BCUT2D eigenvalue weighted by atomic mass is 16.6. The number of hydroxylamine groups is 1. The van der Waals surface area contributed by atoms with Crippen molar-refractivity contribution in [2.24, 2.45) is 11.8 Å². The van der Waals surface area contributed by atoms with Gasteiger partial charge in [-0.1, -0.05) is 27.7 Å². The largest absolute Gasteiger partial charge is 0.444 e. The number of amides is 3. The molecule has 0 unspecified atom stereocenters. The molecule has 140 valence electrons. The van der Waals surface area contributed by atoms with Gasteiger partial charge in [-0.05, 0) is 39.0 Å². The summed E-state index contributed by atoms with van der Waals surface area (Å²) in [5.74, 6) is -1.29. The van der Waals surface area contributed by atoms with E-state index in [1.807, 2.05) is 13.8 Å². The maximum atomic E-state index is 12.5.